The molecule has 0 saturated heterocycles. The van der Waals surface area contributed by atoms with E-state index in [2.05, 4.69) is 15.6 Å². The van der Waals surface area contributed by atoms with Gasteiger partial charge in [-0.15, -0.1) is 0 Å². The van der Waals surface area contributed by atoms with Gasteiger partial charge in [-0.3, -0.25) is 9.59 Å². The number of amides is 2. The van der Waals surface area contributed by atoms with E-state index in [1.54, 1.807) is 6.07 Å². The summed E-state index contributed by atoms with van der Waals surface area (Å²) in [5.74, 6) is -0.207. The highest BCUT2D eigenvalue weighted by molar-refractivity contribution is 7.22. The second-order valence-electron chi connectivity index (χ2n) is 5.72. The Kier molecular flexibility index (Phi) is 4.59. The molecule has 0 unspecified atom stereocenters. The number of halogens is 1. The zero-order chi connectivity index (χ0) is 18.8. The molecule has 2 N–H and O–H groups in total. The number of nitrogens with zero attached hydrogens (tertiary/aromatic N) is 1. The van der Waals surface area contributed by atoms with E-state index >= 15 is 0 Å². The van der Waals surface area contributed by atoms with E-state index in [4.69, 9.17) is 9.47 Å². The third-order valence-electron chi connectivity index (χ3n) is 3.80. The summed E-state index contributed by atoms with van der Waals surface area (Å²) in [6, 6.07) is 8.83. The Morgan fingerprint density at radius 1 is 1.15 bits per heavy atom. The number of hydrogen-bond donors (Lipinski definition) is 2. The van der Waals surface area contributed by atoms with Crippen LogP contribution in [0.1, 0.15) is 10.4 Å². The van der Waals surface area contributed by atoms with Crippen molar-refractivity contribution in [1.29, 1.82) is 0 Å². The van der Waals surface area contributed by atoms with Crippen LogP contribution in [0, 0.1) is 5.82 Å². The number of hydrogen-bond acceptors (Lipinski definition) is 6. The first-order chi connectivity index (χ1) is 13.1. The Bertz CT molecular complexity index is 994. The van der Waals surface area contributed by atoms with Gasteiger partial charge in [0.2, 0.25) is 5.91 Å². The molecular formula is C18H14FN3O4S. The zero-order valence-electron chi connectivity index (χ0n) is 14.0. The first-order valence-corrected chi connectivity index (χ1v) is 8.94. The van der Waals surface area contributed by atoms with Gasteiger partial charge >= 0.3 is 0 Å². The van der Waals surface area contributed by atoms with E-state index < -0.39 is 17.6 Å². The predicted octanol–water partition coefficient (Wildman–Crippen LogP) is 2.58. The van der Waals surface area contributed by atoms with E-state index in [0.29, 0.717) is 35.4 Å². The lowest BCUT2D eigenvalue weighted by Crippen LogP contribution is -2.32. The number of carbonyl (C=O) groups is 2. The Labute approximate surface area is 157 Å². The van der Waals surface area contributed by atoms with E-state index in [-0.39, 0.29) is 12.1 Å². The average molecular weight is 387 g/mol. The van der Waals surface area contributed by atoms with Crippen molar-refractivity contribution >= 4 is 38.5 Å². The summed E-state index contributed by atoms with van der Waals surface area (Å²) in [7, 11) is 0. The number of carbonyl (C=O) groups excluding carboxylic acids is 2. The van der Waals surface area contributed by atoms with Gasteiger partial charge in [0.15, 0.2) is 16.6 Å². The third-order valence-corrected chi connectivity index (χ3v) is 4.73. The van der Waals surface area contributed by atoms with Crippen LogP contribution in [0.4, 0.5) is 9.52 Å². The minimum Gasteiger partial charge on any atom is -0.486 e. The second kappa shape index (κ2) is 7.20. The minimum absolute atomic E-state index is 0.147. The fourth-order valence-corrected chi connectivity index (χ4v) is 3.47. The highest BCUT2D eigenvalue weighted by atomic mass is 32.1. The molecule has 1 aliphatic rings. The summed E-state index contributed by atoms with van der Waals surface area (Å²) in [5.41, 5.74) is 0.830. The molecule has 0 spiro atoms. The van der Waals surface area contributed by atoms with Crippen LogP contribution in [0.2, 0.25) is 0 Å². The van der Waals surface area contributed by atoms with Crippen molar-refractivity contribution in [2.45, 2.75) is 0 Å². The summed E-state index contributed by atoms with van der Waals surface area (Å²) in [5, 5.41) is 5.48. The predicted molar refractivity (Wildman–Crippen MR) is 98.0 cm³/mol. The van der Waals surface area contributed by atoms with Crippen LogP contribution >= 0.6 is 11.3 Å². The molecule has 1 aromatic heterocycles. The lowest BCUT2D eigenvalue weighted by atomic mass is 10.2. The molecule has 3 aromatic rings. The van der Waals surface area contributed by atoms with Crippen molar-refractivity contribution in [3.8, 4) is 11.5 Å². The summed E-state index contributed by atoms with van der Waals surface area (Å²) in [6.07, 6.45) is 0. The van der Waals surface area contributed by atoms with Crippen molar-refractivity contribution in [3.63, 3.8) is 0 Å². The molecule has 2 heterocycles. The third kappa shape index (κ3) is 3.82. The number of anilines is 1. The molecule has 0 atom stereocenters. The lowest BCUT2D eigenvalue weighted by molar-refractivity contribution is -0.115. The molecule has 2 amide bonds. The van der Waals surface area contributed by atoms with Crippen LogP contribution < -0.4 is 20.1 Å². The smallest absolute Gasteiger partial charge is 0.251 e. The quantitative estimate of drug-likeness (QED) is 0.718. The first kappa shape index (κ1) is 17.2. The Balaban J connectivity index is 1.40. The van der Waals surface area contributed by atoms with Crippen LogP contribution in [-0.4, -0.2) is 36.6 Å². The molecular weight excluding hydrogens is 373 g/mol. The Morgan fingerprint density at radius 3 is 2.70 bits per heavy atom. The van der Waals surface area contributed by atoms with Gasteiger partial charge in [0.25, 0.3) is 5.91 Å². The molecule has 1 aliphatic heterocycles. The van der Waals surface area contributed by atoms with E-state index in [1.807, 2.05) is 6.07 Å². The Morgan fingerprint density at radius 2 is 1.93 bits per heavy atom. The van der Waals surface area contributed by atoms with E-state index in [0.717, 1.165) is 10.8 Å². The zero-order valence-corrected chi connectivity index (χ0v) is 14.8. The van der Waals surface area contributed by atoms with Crippen molar-refractivity contribution in [2.24, 2.45) is 0 Å². The summed E-state index contributed by atoms with van der Waals surface area (Å²) < 4.78 is 25.0. The van der Waals surface area contributed by atoms with Crippen molar-refractivity contribution in [3.05, 3.63) is 47.8 Å². The molecule has 0 bridgehead atoms. The monoisotopic (exact) mass is 387 g/mol. The largest absolute Gasteiger partial charge is 0.486 e. The number of ether oxygens (including phenoxy) is 2. The van der Waals surface area contributed by atoms with Gasteiger partial charge in [-0.2, -0.15) is 0 Å². The maximum absolute atomic E-state index is 13.1. The van der Waals surface area contributed by atoms with Crippen LogP contribution in [0.5, 0.6) is 11.5 Å². The fourth-order valence-electron chi connectivity index (χ4n) is 2.57. The summed E-state index contributed by atoms with van der Waals surface area (Å²) in [6.45, 7) is 0.719. The topological polar surface area (TPSA) is 89.6 Å². The highest BCUT2D eigenvalue weighted by Crippen LogP contribution is 2.37. The second-order valence-corrected chi connectivity index (χ2v) is 6.75. The number of nitrogens with one attached hydrogen (secondary N) is 2. The van der Waals surface area contributed by atoms with Gasteiger partial charge in [-0.25, -0.2) is 9.37 Å². The number of fused-ring (bicyclic) bond motifs is 2. The molecule has 27 heavy (non-hydrogen) atoms. The van der Waals surface area contributed by atoms with Gasteiger partial charge in [-0.05, 0) is 18.2 Å². The van der Waals surface area contributed by atoms with Crippen molar-refractivity contribution in [2.75, 3.05) is 25.1 Å². The van der Waals surface area contributed by atoms with Crippen LogP contribution in [0.3, 0.4) is 0 Å². The van der Waals surface area contributed by atoms with Gasteiger partial charge in [0.05, 0.1) is 16.8 Å². The lowest BCUT2D eigenvalue weighted by Gasteiger charge is -2.17. The fraction of sp³-hybridized carbons (Fsp3) is 0.167. The van der Waals surface area contributed by atoms with Gasteiger partial charge in [-0.1, -0.05) is 17.4 Å². The molecule has 2 aromatic carbocycles. The van der Waals surface area contributed by atoms with Crippen LogP contribution in [0.15, 0.2) is 36.4 Å². The molecule has 9 heteroatoms. The maximum atomic E-state index is 13.1. The molecule has 7 nitrogen and oxygen atoms in total. The van der Waals surface area contributed by atoms with Gasteiger partial charge in [0.1, 0.15) is 19.0 Å². The van der Waals surface area contributed by atoms with Gasteiger partial charge < -0.3 is 20.1 Å². The van der Waals surface area contributed by atoms with Crippen molar-refractivity contribution in [1.82, 2.24) is 10.3 Å². The maximum Gasteiger partial charge on any atom is 0.251 e. The Hall–Kier alpha value is -3.20. The average Bonchev–Trinajstić information content (AvgIpc) is 3.05. The minimum atomic E-state index is -0.532. The van der Waals surface area contributed by atoms with Gasteiger partial charge in [0, 0.05) is 17.7 Å². The molecule has 4 rings (SSSR count). The standard InChI is InChI=1S/C18H14FN3O4S/c19-11-3-1-2-10(6-11)17(24)20-9-16(23)22-18-21-12-7-13-14(8-15(12)27-18)26-5-4-25-13/h1-3,6-8H,4-5,9H2,(H,20,24)(H,21,22,23). The molecule has 138 valence electrons. The molecule has 0 fully saturated rings. The normalized spacial score (nSPS) is 12.6. The number of aromatic nitrogens is 1. The molecule has 0 aliphatic carbocycles. The summed E-state index contributed by atoms with van der Waals surface area (Å²) >= 11 is 1.29. The van der Waals surface area contributed by atoms with E-state index in [1.165, 1.54) is 29.5 Å². The summed E-state index contributed by atoms with van der Waals surface area (Å²) in [4.78, 5) is 28.4. The van der Waals surface area contributed by atoms with Crippen LogP contribution in [0.25, 0.3) is 10.2 Å². The van der Waals surface area contributed by atoms with Crippen LogP contribution in [-0.2, 0) is 4.79 Å². The van der Waals surface area contributed by atoms with Crippen molar-refractivity contribution < 1.29 is 23.5 Å². The van der Waals surface area contributed by atoms with E-state index in [9.17, 15) is 14.0 Å². The number of benzene rings is 2. The first-order valence-electron chi connectivity index (χ1n) is 8.12. The highest BCUT2D eigenvalue weighted by Gasteiger charge is 2.16. The number of thiazole rings is 1. The molecule has 0 radical (unpaired) electrons. The SMILES string of the molecule is O=C(CNC(=O)c1cccc(F)c1)Nc1nc2cc3c(cc2s1)OCCO3. The molecule has 0 saturated carbocycles. The number of rotatable bonds is 4.